The molecule has 1 aromatic carbocycles. The van der Waals surface area contributed by atoms with Crippen molar-refractivity contribution in [2.75, 3.05) is 33.2 Å². The van der Waals surface area contributed by atoms with Crippen molar-refractivity contribution >= 4 is 23.2 Å². The maximum atomic E-state index is 6.34. The van der Waals surface area contributed by atoms with E-state index >= 15 is 0 Å². The van der Waals surface area contributed by atoms with Crippen molar-refractivity contribution < 1.29 is 0 Å². The molecule has 0 aromatic heterocycles. The van der Waals surface area contributed by atoms with Crippen LogP contribution >= 0.6 is 23.2 Å². The SMILES string of the molecule is CCC1CN(C(CN)c2ccc(Cl)cc2Cl)CCN1C. The van der Waals surface area contributed by atoms with Gasteiger partial charge in [-0.3, -0.25) is 4.90 Å². The molecular weight excluding hydrogens is 293 g/mol. The van der Waals surface area contributed by atoms with Gasteiger partial charge in [0.1, 0.15) is 0 Å². The molecule has 2 unspecified atom stereocenters. The first kappa shape index (κ1) is 16.1. The summed E-state index contributed by atoms with van der Waals surface area (Å²) in [5.41, 5.74) is 7.10. The van der Waals surface area contributed by atoms with E-state index in [-0.39, 0.29) is 6.04 Å². The monoisotopic (exact) mass is 315 g/mol. The molecule has 1 heterocycles. The quantitative estimate of drug-likeness (QED) is 0.927. The molecule has 20 heavy (non-hydrogen) atoms. The molecule has 0 radical (unpaired) electrons. The number of nitrogens with zero attached hydrogens (tertiary/aromatic N) is 2. The van der Waals surface area contributed by atoms with Gasteiger partial charge in [-0.2, -0.15) is 0 Å². The fourth-order valence-electron chi connectivity index (χ4n) is 2.94. The van der Waals surface area contributed by atoms with E-state index in [0.717, 1.165) is 31.6 Å². The van der Waals surface area contributed by atoms with Gasteiger partial charge in [0, 0.05) is 48.3 Å². The Kier molecular flexibility index (Phi) is 5.70. The molecule has 2 N–H and O–H groups in total. The maximum Gasteiger partial charge on any atom is 0.0486 e. The minimum atomic E-state index is 0.169. The number of nitrogens with two attached hydrogens (primary N) is 1. The number of rotatable bonds is 4. The molecule has 0 saturated carbocycles. The van der Waals surface area contributed by atoms with Crippen LogP contribution in [0.2, 0.25) is 10.0 Å². The molecule has 0 amide bonds. The molecule has 0 aliphatic carbocycles. The second-order valence-corrected chi connectivity index (χ2v) is 6.30. The Morgan fingerprint density at radius 2 is 2.10 bits per heavy atom. The van der Waals surface area contributed by atoms with Crippen LogP contribution in [-0.2, 0) is 0 Å². The third kappa shape index (κ3) is 3.46. The molecule has 0 bridgehead atoms. The second kappa shape index (κ2) is 7.10. The van der Waals surface area contributed by atoms with E-state index in [1.165, 1.54) is 0 Å². The third-order valence-electron chi connectivity index (χ3n) is 4.27. The predicted molar refractivity (Wildman–Crippen MR) is 86.5 cm³/mol. The van der Waals surface area contributed by atoms with Crippen LogP contribution in [0, 0.1) is 0 Å². The van der Waals surface area contributed by atoms with Crippen LogP contribution in [0.4, 0.5) is 0 Å². The van der Waals surface area contributed by atoms with Crippen LogP contribution in [0.5, 0.6) is 0 Å². The number of hydrogen-bond acceptors (Lipinski definition) is 3. The minimum absolute atomic E-state index is 0.169. The lowest BCUT2D eigenvalue weighted by atomic mass is 10.0. The highest BCUT2D eigenvalue weighted by Gasteiger charge is 2.29. The van der Waals surface area contributed by atoms with Crippen LogP contribution in [0.3, 0.4) is 0 Å². The molecule has 3 nitrogen and oxygen atoms in total. The fraction of sp³-hybridized carbons (Fsp3) is 0.600. The summed E-state index contributed by atoms with van der Waals surface area (Å²) in [7, 11) is 2.19. The van der Waals surface area contributed by atoms with Gasteiger partial charge in [-0.25, -0.2) is 0 Å². The van der Waals surface area contributed by atoms with E-state index in [9.17, 15) is 0 Å². The van der Waals surface area contributed by atoms with Gasteiger partial charge in [-0.05, 0) is 31.2 Å². The van der Waals surface area contributed by atoms with Crippen molar-refractivity contribution in [3.63, 3.8) is 0 Å². The molecule has 2 rings (SSSR count). The van der Waals surface area contributed by atoms with Crippen LogP contribution in [-0.4, -0.2) is 49.1 Å². The van der Waals surface area contributed by atoms with E-state index in [4.69, 9.17) is 28.9 Å². The minimum Gasteiger partial charge on any atom is -0.329 e. The summed E-state index contributed by atoms with van der Waals surface area (Å²) in [4.78, 5) is 4.87. The van der Waals surface area contributed by atoms with E-state index in [1.807, 2.05) is 12.1 Å². The van der Waals surface area contributed by atoms with E-state index in [1.54, 1.807) is 6.07 Å². The van der Waals surface area contributed by atoms with Crippen molar-refractivity contribution in [1.29, 1.82) is 0 Å². The zero-order valence-corrected chi connectivity index (χ0v) is 13.7. The molecule has 1 aliphatic heterocycles. The van der Waals surface area contributed by atoms with Crippen molar-refractivity contribution in [2.24, 2.45) is 5.73 Å². The van der Waals surface area contributed by atoms with Crippen LogP contribution in [0.1, 0.15) is 24.9 Å². The molecular formula is C15H23Cl2N3. The Morgan fingerprint density at radius 3 is 2.70 bits per heavy atom. The van der Waals surface area contributed by atoms with Gasteiger partial charge < -0.3 is 10.6 Å². The van der Waals surface area contributed by atoms with Crippen molar-refractivity contribution in [3.8, 4) is 0 Å². The van der Waals surface area contributed by atoms with Crippen LogP contribution in [0.15, 0.2) is 18.2 Å². The van der Waals surface area contributed by atoms with Crippen LogP contribution < -0.4 is 5.73 Å². The van der Waals surface area contributed by atoms with E-state index in [2.05, 4.69) is 23.8 Å². The van der Waals surface area contributed by atoms with Crippen LogP contribution in [0.25, 0.3) is 0 Å². The first-order valence-electron chi connectivity index (χ1n) is 7.16. The highest BCUT2D eigenvalue weighted by Crippen LogP contribution is 2.30. The Labute approximate surface area is 131 Å². The molecule has 1 aliphatic rings. The summed E-state index contributed by atoms with van der Waals surface area (Å²) in [6, 6.07) is 6.45. The first-order valence-corrected chi connectivity index (χ1v) is 7.91. The average molecular weight is 316 g/mol. The van der Waals surface area contributed by atoms with Gasteiger partial charge in [0.15, 0.2) is 0 Å². The summed E-state index contributed by atoms with van der Waals surface area (Å²) in [6.45, 7) is 5.93. The molecule has 0 spiro atoms. The average Bonchev–Trinajstić information content (AvgIpc) is 2.43. The number of halogens is 2. The van der Waals surface area contributed by atoms with Gasteiger partial charge in [-0.15, -0.1) is 0 Å². The normalized spacial score (nSPS) is 22.9. The lowest BCUT2D eigenvalue weighted by molar-refractivity contribution is 0.0644. The summed E-state index contributed by atoms with van der Waals surface area (Å²) in [6.07, 6.45) is 1.15. The number of likely N-dealkylation sites (N-methyl/N-ethyl adjacent to an activating group) is 1. The Hall–Kier alpha value is -0.320. The zero-order chi connectivity index (χ0) is 14.7. The maximum absolute atomic E-state index is 6.34. The van der Waals surface area contributed by atoms with Gasteiger partial charge in [0.25, 0.3) is 0 Å². The smallest absolute Gasteiger partial charge is 0.0486 e. The molecule has 5 heteroatoms. The lowest BCUT2D eigenvalue weighted by Gasteiger charge is -2.43. The largest absolute Gasteiger partial charge is 0.329 e. The van der Waals surface area contributed by atoms with Crippen molar-refractivity contribution in [3.05, 3.63) is 33.8 Å². The third-order valence-corrected chi connectivity index (χ3v) is 4.83. The molecule has 1 aromatic rings. The molecule has 1 fully saturated rings. The van der Waals surface area contributed by atoms with Crippen molar-refractivity contribution in [1.82, 2.24) is 9.80 Å². The second-order valence-electron chi connectivity index (χ2n) is 5.45. The number of hydrogen-bond donors (Lipinski definition) is 1. The summed E-state index contributed by atoms with van der Waals surface area (Å²) in [5.74, 6) is 0. The topological polar surface area (TPSA) is 32.5 Å². The summed E-state index contributed by atoms with van der Waals surface area (Å²) in [5, 5.41) is 1.37. The number of piperazine rings is 1. The predicted octanol–water partition coefficient (Wildman–Crippen LogP) is 3.02. The molecule has 112 valence electrons. The highest BCUT2D eigenvalue weighted by atomic mass is 35.5. The van der Waals surface area contributed by atoms with Gasteiger partial charge in [-0.1, -0.05) is 36.2 Å². The standard InChI is InChI=1S/C15H23Cl2N3/c1-3-12-10-20(7-6-19(12)2)15(9-18)13-5-4-11(16)8-14(13)17/h4-5,8,12,15H,3,6-7,9-10,18H2,1-2H3. The highest BCUT2D eigenvalue weighted by molar-refractivity contribution is 6.35. The summed E-state index contributed by atoms with van der Waals surface area (Å²) < 4.78 is 0. The molecule has 1 saturated heterocycles. The van der Waals surface area contributed by atoms with E-state index < -0.39 is 0 Å². The Balaban J connectivity index is 2.19. The summed E-state index contributed by atoms with van der Waals surface area (Å²) >= 11 is 12.3. The lowest BCUT2D eigenvalue weighted by Crippen LogP contribution is -2.53. The van der Waals surface area contributed by atoms with Gasteiger partial charge in [0.05, 0.1) is 0 Å². The van der Waals surface area contributed by atoms with Gasteiger partial charge >= 0.3 is 0 Å². The van der Waals surface area contributed by atoms with Gasteiger partial charge in [0.2, 0.25) is 0 Å². The van der Waals surface area contributed by atoms with Crippen molar-refractivity contribution in [2.45, 2.75) is 25.4 Å². The molecule has 2 atom stereocenters. The first-order chi connectivity index (χ1) is 9.56. The fourth-order valence-corrected chi connectivity index (χ4v) is 3.47. The Bertz CT molecular complexity index is 453. The zero-order valence-electron chi connectivity index (χ0n) is 12.1. The number of benzene rings is 1. The Morgan fingerprint density at radius 1 is 1.35 bits per heavy atom. The van der Waals surface area contributed by atoms with E-state index in [0.29, 0.717) is 22.6 Å².